The van der Waals surface area contributed by atoms with Crippen LogP contribution in [0.5, 0.6) is 17.2 Å². The van der Waals surface area contributed by atoms with Crippen LogP contribution in [0.15, 0.2) is 36.4 Å². The van der Waals surface area contributed by atoms with Gasteiger partial charge in [0.2, 0.25) is 0 Å². The maximum atomic E-state index is 11.1. The van der Waals surface area contributed by atoms with Gasteiger partial charge in [-0.3, -0.25) is 10.1 Å². The Morgan fingerprint density at radius 2 is 1.77 bits per heavy atom. The van der Waals surface area contributed by atoms with Crippen LogP contribution in [-0.2, 0) is 6.61 Å². The van der Waals surface area contributed by atoms with Crippen molar-refractivity contribution in [3.8, 4) is 17.2 Å². The fraction of sp³-hybridized carbons (Fsp3) is 0.250. The molecule has 0 aliphatic heterocycles. The number of aryl methyl sites for hydroxylation is 1. The van der Waals surface area contributed by atoms with Crippen LogP contribution < -0.4 is 14.2 Å². The molecule has 0 fully saturated rings. The molecule has 0 saturated carbocycles. The first-order chi connectivity index (χ1) is 10.5. The monoisotopic (exact) mass is 303 g/mol. The van der Waals surface area contributed by atoms with Crippen molar-refractivity contribution < 1.29 is 19.1 Å². The molecular weight excluding hydrogens is 286 g/mol. The summed E-state index contributed by atoms with van der Waals surface area (Å²) in [5.41, 5.74) is 1.75. The molecule has 0 amide bonds. The van der Waals surface area contributed by atoms with E-state index in [1.165, 1.54) is 19.2 Å². The predicted molar refractivity (Wildman–Crippen MR) is 81.7 cm³/mol. The maximum absolute atomic E-state index is 11.1. The highest BCUT2D eigenvalue weighted by atomic mass is 16.6. The summed E-state index contributed by atoms with van der Waals surface area (Å²) in [5, 5.41) is 11.1. The predicted octanol–water partition coefficient (Wildman–Crippen LogP) is 3.50. The quantitative estimate of drug-likeness (QED) is 0.603. The maximum Gasteiger partial charge on any atom is 0.314 e. The Hall–Kier alpha value is -2.76. The fourth-order valence-electron chi connectivity index (χ4n) is 2.06. The van der Waals surface area contributed by atoms with Gasteiger partial charge in [0, 0.05) is 5.56 Å². The van der Waals surface area contributed by atoms with Gasteiger partial charge in [0.1, 0.15) is 18.1 Å². The third kappa shape index (κ3) is 3.46. The average Bonchev–Trinajstić information content (AvgIpc) is 2.52. The number of ether oxygens (including phenoxy) is 3. The molecule has 0 unspecified atom stereocenters. The van der Waals surface area contributed by atoms with Gasteiger partial charge in [-0.25, -0.2) is 0 Å². The second-order valence-corrected chi connectivity index (χ2v) is 4.69. The van der Waals surface area contributed by atoms with Crippen molar-refractivity contribution in [2.24, 2.45) is 0 Å². The Morgan fingerprint density at radius 3 is 2.41 bits per heavy atom. The Bertz CT molecular complexity index is 684. The molecule has 0 spiro atoms. The van der Waals surface area contributed by atoms with E-state index in [4.69, 9.17) is 14.2 Å². The first-order valence-electron chi connectivity index (χ1n) is 6.64. The van der Waals surface area contributed by atoms with Crippen LogP contribution in [0.25, 0.3) is 0 Å². The van der Waals surface area contributed by atoms with Crippen LogP contribution in [0.1, 0.15) is 11.1 Å². The van der Waals surface area contributed by atoms with Crippen LogP contribution >= 0.6 is 0 Å². The van der Waals surface area contributed by atoms with E-state index in [0.717, 1.165) is 11.1 Å². The van der Waals surface area contributed by atoms with Crippen LogP contribution in [0.4, 0.5) is 5.69 Å². The van der Waals surface area contributed by atoms with E-state index >= 15 is 0 Å². The normalized spacial score (nSPS) is 10.1. The third-order valence-electron chi connectivity index (χ3n) is 3.18. The number of nitrogens with zero attached hydrogens (tertiary/aromatic N) is 1. The molecule has 0 saturated heterocycles. The highest BCUT2D eigenvalue weighted by molar-refractivity contribution is 5.51. The van der Waals surface area contributed by atoms with Crippen LogP contribution in [0, 0.1) is 17.0 Å². The zero-order valence-electron chi connectivity index (χ0n) is 12.7. The van der Waals surface area contributed by atoms with Gasteiger partial charge in [0.15, 0.2) is 5.75 Å². The van der Waals surface area contributed by atoms with E-state index in [9.17, 15) is 10.1 Å². The van der Waals surface area contributed by atoms with Gasteiger partial charge in [0.25, 0.3) is 0 Å². The van der Waals surface area contributed by atoms with E-state index in [2.05, 4.69) is 0 Å². The lowest BCUT2D eigenvalue weighted by molar-refractivity contribution is -0.386. The van der Waals surface area contributed by atoms with Gasteiger partial charge in [-0.15, -0.1) is 0 Å². The molecule has 2 aromatic carbocycles. The zero-order chi connectivity index (χ0) is 16.1. The average molecular weight is 303 g/mol. The lowest BCUT2D eigenvalue weighted by Gasteiger charge is -2.11. The van der Waals surface area contributed by atoms with Gasteiger partial charge in [-0.2, -0.15) is 0 Å². The number of benzene rings is 2. The van der Waals surface area contributed by atoms with Crippen LogP contribution in [0.3, 0.4) is 0 Å². The van der Waals surface area contributed by atoms with E-state index < -0.39 is 4.92 Å². The minimum Gasteiger partial charge on any atom is -0.496 e. The second-order valence-electron chi connectivity index (χ2n) is 4.69. The molecule has 116 valence electrons. The molecule has 2 rings (SSSR count). The number of hydrogen-bond acceptors (Lipinski definition) is 5. The summed E-state index contributed by atoms with van der Waals surface area (Å²) < 4.78 is 15.9. The Balaban J connectivity index is 2.25. The summed E-state index contributed by atoms with van der Waals surface area (Å²) in [6.45, 7) is 2.14. The minimum absolute atomic E-state index is 0.133. The topological polar surface area (TPSA) is 70.8 Å². The number of rotatable bonds is 6. The summed E-state index contributed by atoms with van der Waals surface area (Å²) in [7, 11) is 3.03. The van der Waals surface area contributed by atoms with Crippen LogP contribution in [-0.4, -0.2) is 19.1 Å². The number of nitro benzene ring substituents is 1. The highest BCUT2D eigenvalue weighted by Gasteiger charge is 2.17. The molecule has 0 bridgehead atoms. The standard InChI is InChI=1S/C16H17NO5/c1-11-4-6-15(21-3)12(8-11)10-22-16-7-5-13(20-2)9-14(16)17(18)19/h4-9H,10H2,1-3H3. The molecule has 0 aliphatic rings. The third-order valence-corrected chi connectivity index (χ3v) is 3.18. The van der Waals surface area contributed by atoms with Crippen LogP contribution in [0.2, 0.25) is 0 Å². The SMILES string of the molecule is COc1ccc(OCc2cc(C)ccc2OC)c([N+](=O)[O-])c1. The van der Waals surface area contributed by atoms with E-state index in [1.54, 1.807) is 13.2 Å². The molecule has 0 aliphatic carbocycles. The van der Waals surface area contributed by atoms with Crippen molar-refractivity contribution in [3.63, 3.8) is 0 Å². The first kappa shape index (κ1) is 15.6. The number of hydrogen-bond donors (Lipinski definition) is 0. The van der Waals surface area contributed by atoms with E-state index in [0.29, 0.717) is 11.5 Å². The van der Waals surface area contributed by atoms with Gasteiger partial charge in [-0.05, 0) is 31.2 Å². The lowest BCUT2D eigenvalue weighted by atomic mass is 10.1. The second kappa shape index (κ2) is 6.80. The van der Waals surface area contributed by atoms with Crippen molar-refractivity contribution in [2.75, 3.05) is 14.2 Å². The molecule has 0 atom stereocenters. The van der Waals surface area contributed by atoms with Crippen molar-refractivity contribution in [1.29, 1.82) is 0 Å². The van der Waals surface area contributed by atoms with E-state index in [-0.39, 0.29) is 18.0 Å². The summed E-state index contributed by atoms with van der Waals surface area (Å²) in [4.78, 5) is 10.6. The fourth-order valence-corrected chi connectivity index (χ4v) is 2.06. The molecule has 0 aromatic heterocycles. The summed E-state index contributed by atoms with van der Waals surface area (Å²) in [6.07, 6.45) is 0. The molecular formula is C16H17NO5. The van der Waals surface area contributed by atoms with Gasteiger partial charge < -0.3 is 14.2 Å². The molecule has 6 nitrogen and oxygen atoms in total. The number of methoxy groups -OCH3 is 2. The summed E-state index contributed by atoms with van der Waals surface area (Å²) >= 11 is 0. The lowest BCUT2D eigenvalue weighted by Crippen LogP contribution is -2.02. The van der Waals surface area contributed by atoms with Crippen molar-refractivity contribution in [3.05, 3.63) is 57.6 Å². The Kier molecular flexibility index (Phi) is 4.83. The Labute approximate surface area is 128 Å². The van der Waals surface area contributed by atoms with Crippen molar-refractivity contribution in [1.82, 2.24) is 0 Å². The van der Waals surface area contributed by atoms with E-state index in [1.807, 2.05) is 25.1 Å². The summed E-state index contributed by atoms with van der Waals surface area (Å²) in [5.74, 6) is 1.28. The molecule has 22 heavy (non-hydrogen) atoms. The first-order valence-corrected chi connectivity index (χ1v) is 6.64. The Morgan fingerprint density at radius 1 is 1.05 bits per heavy atom. The van der Waals surface area contributed by atoms with Gasteiger partial charge >= 0.3 is 5.69 Å². The highest BCUT2D eigenvalue weighted by Crippen LogP contribution is 2.32. The van der Waals surface area contributed by atoms with Gasteiger partial charge in [-0.1, -0.05) is 11.6 Å². The zero-order valence-corrected chi connectivity index (χ0v) is 12.7. The summed E-state index contributed by atoms with van der Waals surface area (Å²) in [6, 6.07) is 10.2. The smallest absolute Gasteiger partial charge is 0.314 e. The molecule has 2 aromatic rings. The van der Waals surface area contributed by atoms with Gasteiger partial charge in [0.05, 0.1) is 25.2 Å². The van der Waals surface area contributed by atoms with Crippen molar-refractivity contribution >= 4 is 5.69 Å². The molecule has 0 heterocycles. The minimum atomic E-state index is -0.495. The molecule has 6 heteroatoms. The number of nitro groups is 1. The van der Waals surface area contributed by atoms with Crippen molar-refractivity contribution in [2.45, 2.75) is 13.5 Å². The largest absolute Gasteiger partial charge is 0.496 e. The molecule has 0 N–H and O–H groups in total. The molecule has 0 radical (unpaired) electrons.